The molecule has 0 bridgehead atoms. The van der Waals surface area contributed by atoms with Gasteiger partial charge in [-0.15, -0.1) is 16.1 Å². The molecule has 9 heteroatoms. The van der Waals surface area contributed by atoms with E-state index in [9.17, 15) is 9.00 Å². The van der Waals surface area contributed by atoms with Crippen LogP contribution in [0.15, 0.2) is 52.9 Å². The van der Waals surface area contributed by atoms with Crippen molar-refractivity contribution >= 4 is 21.7 Å². The largest absolute Gasteiger partial charge is 0.419 e. The van der Waals surface area contributed by atoms with E-state index in [4.69, 9.17) is 10.2 Å². The van der Waals surface area contributed by atoms with Crippen LogP contribution >= 0.6 is 0 Å². The van der Waals surface area contributed by atoms with Gasteiger partial charge in [0.1, 0.15) is 0 Å². The van der Waals surface area contributed by atoms with Crippen LogP contribution < -0.4 is 10.0 Å². The van der Waals surface area contributed by atoms with Crippen LogP contribution in [0.1, 0.15) is 56.4 Å². The fraction of sp³-hybridized carbons (Fsp3) is 0.393. The van der Waals surface area contributed by atoms with Gasteiger partial charge < -0.3 is 15.1 Å². The van der Waals surface area contributed by atoms with E-state index in [2.05, 4.69) is 22.0 Å². The van der Waals surface area contributed by atoms with Crippen molar-refractivity contribution in [3.8, 4) is 23.3 Å². The highest BCUT2D eigenvalue weighted by atomic mass is 32.3. The van der Waals surface area contributed by atoms with Crippen molar-refractivity contribution < 1.29 is 13.4 Å². The average molecular weight is 522 g/mol. The Balaban J connectivity index is 1.71. The maximum atomic E-state index is 13.4. The molecule has 0 spiro atoms. The highest BCUT2D eigenvalue weighted by Gasteiger charge is 2.44. The van der Waals surface area contributed by atoms with Gasteiger partial charge in [0.2, 0.25) is 11.8 Å². The van der Waals surface area contributed by atoms with E-state index >= 15 is 0 Å². The number of anilines is 1. The Kier molecular flexibility index (Phi) is 7.27. The molecular weight excluding hydrogens is 486 g/mol. The summed E-state index contributed by atoms with van der Waals surface area (Å²) in [6, 6.07) is 15.0. The van der Waals surface area contributed by atoms with Gasteiger partial charge in [-0.25, -0.2) is 0 Å². The van der Waals surface area contributed by atoms with Gasteiger partial charge in [-0.1, -0.05) is 50.1 Å². The van der Waals surface area contributed by atoms with Crippen LogP contribution in [0, 0.1) is 11.8 Å². The molecule has 37 heavy (non-hydrogen) atoms. The lowest BCUT2D eigenvalue weighted by Crippen LogP contribution is -2.35. The maximum absolute atomic E-state index is 13.4. The molecule has 0 aliphatic carbocycles. The number of hydrogen-bond acceptors (Lipinski definition) is 6. The molecule has 1 fully saturated rings. The van der Waals surface area contributed by atoms with Gasteiger partial charge in [0.15, 0.2) is 0 Å². The third kappa shape index (κ3) is 5.45. The Labute approximate surface area is 219 Å². The molecule has 0 saturated carbocycles. The van der Waals surface area contributed by atoms with E-state index in [-0.39, 0.29) is 23.1 Å². The van der Waals surface area contributed by atoms with Crippen molar-refractivity contribution in [2.45, 2.75) is 57.9 Å². The number of hydrogen-bond donors (Lipinski definition) is 2. The molecule has 2 atom stereocenters. The molecule has 1 amide bonds. The van der Waals surface area contributed by atoms with E-state index in [1.165, 1.54) is 0 Å². The number of thiol groups is 1. The van der Waals surface area contributed by atoms with E-state index < -0.39 is 15.7 Å². The SMILES string of the molecule is CC#CC(C)N(C)C(=O)c1cc(-c2nnc([C@](C)(N)Cc3ccccc3)o2)cc(N2C[SH]2(=O)C(C)C)c1. The summed E-state index contributed by atoms with van der Waals surface area (Å²) in [6.45, 7) is 9.37. The molecule has 4 rings (SSSR count). The third-order valence-corrected chi connectivity index (χ3v) is 9.92. The summed E-state index contributed by atoms with van der Waals surface area (Å²) in [5, 5.41) is 8.53. The van der Waals surface area contributed by atoms with Crippen LogP contribution in [0.4, 0.5) is 5.69 Å². The van der Waals surface area contributed by atoms with Crippen molar-refractivity contribution in [2.24, 2.45) is 5.73 Å². The van der Waals surface area contributed by atoms with Crippen molar-refractivity contribution in [1.82, 2.24) is 15.1 Å². The average Bonchev–Trinajstić information content (AvgIpc) is 3.32. The van der Waals surface area contributed by atoms with Gasteiger partial charge >= 0.3 is 0 Å². The van der Waals surface area contributed by atoms with Crippen LogP contribution in [-0.2, 0) is 22.1 Å². The summed E-state index contributed by atoms with van der Waals surface area (Å²) < 4.78 is 21.2. The highest BCUT2D eigenvalue weighted by Crippen LogP contribution is 2.41. The molecule has 0 radical (unpaired) electrons. The molecular formula is C28H35N5O3S. The Hall–Kier alpha value is -3.48. The second-order valence-electron chi connectivity index (χ2n) is 10.1. The summed E-state index contributed by atoms with van der Waals surface area (Å²) >= 11 is 0. The van der Waals surface area contributed by atoms with Crippen LogP contribution in [0.3, 0.4) is 0 Å². The summed E-state index contributed by atoms with van der Waals surface area (Å²) in [4.78, 5) is 15.0. The first kappa shape index (κ1) is 26.6. The molecule has 196 valence electrons. The number of carbonyl (C=O) groups excluding carboxylic acids is 1. The zero-order chi connectivity index (χ0) is 27.0. The number of amides is 1. The van der Waals surface area contributed by atoms with Gasteiger partial charge in [-0.3, -0.25) is 13.3 Å². The second kappa shape index (κ2) is 10.1. The number of rotatable bonds is 8. The zero-order valence-electron chi connectivity index (χ0n) is 22.2. The zero-order valence-corrected chi connectivity index (χ0v) is 23.1. The first-order valence-corrected chi connectivity index (χ1v) is 14.3. The molecule has 2 aromatic carbocycles. The highest BCUT2D eigenvalue weighted by molar-refractivity contribution is 8.11. The quantitative estimate of drug-likeness (QED) is 0.266. The topological polar surface area (TPSA) is 105 Å². The Morgan fingerprint density at radius 2 is 1.92 bits per heavy atom. The number of aromatic nitrogens is 2. The van der Waals surface area contributed by atoms with Gasteiger partial charge in [-0.05, 0) is 61.1 Å². The predicted molar refractivity (Wildman–Crippen MR) is 148 cm³/mol. The monoisotopic (exact) mass is 521 g/mol. The lowest BCUT2D eigenvalue weighted by atomic mass is 9.94. The van der Waals surface area contributed by atoms with Crippen LogP contribution in [0.2, 0.25) is 0 Å². The van der Waals surface area contributed by atoms with Gasteiger partial charge in [-0.2, -0.15) is 0 Å². The molecule has 1 saturated heterocycles. The minimum Gasteiger partial charge on any atom is -0.419 e. The normalized spacial score (nSPS) is 17.4. The maximum Gasteiger partial charge on any atom is 0.254 e. The van der Waals surface area contributed by atoms with Crippen molar-refractivity contribution in [3.05, 3.63) is 65.5 Å². The molecule has 1 unspecified atom stereocenters. The molecule has 1 aliphatic heterocycles. The Bertz CT molecular complexity index is 1400. The lowest BCUT2D eigenvalue weighted by Gasteiger charge is -2.22. The number of nitrogens with two attached hydrogens (primary N) is 1. The molecule has 1 aliphatic rings. The Morgan fingerprint density at radius 3 is 2.54 bits per heavy atom. The Morgan fingerprint density at radius 1 is 1.22 bits per heavy atom. The fourth-order valence-electron chi connectivity index (χ4n) is 4.24. The minimum absolute atomic E-state index is 0.0174. The summed E-state index contributed by atoms with van der Waals surface area (Å²) in [7, 11) is -0.779. The summed E-state index contributed by atoms with van der Waals surface area (Å²) in [5.74, 6) is 6.68. The number of carbonyl (C=O) groups is 1. The summed E-state index contributed by atoms with van der Waals surface area (Å²) in [5.41, 5.74) is 8.45. The predicted octanol–water partition coefficient (Wildman–Crippen LogP) is 3.75. The van der Waals surface area contributed by atoms with Crippen molar-refractivity contribution in [2.75, 3.05) is 17.2 Å². The van der Waals surface area contributed by atoms with E-state index in [1.807, 2.05) is 68.4 Å². The van der Waals surface area contributed by atoms with Crippen LogP contribution in [0.25, 0.3) is 11.5 Å². The molecule has 2 heterocycles. The smallest absolute Gasteiger partial charge is 0.254 e. The molecule has 2 N–H and O–H groups in total. The lowest BCUT2D eigenvalue weighted by molar-refractivity contribution is 0.0774. The van der Waals surface area contributed by atoms with Gasteiger partial charge in [0, 0.05) is 23.4 Å². The van der Waals surface area contributed by atoms with E-state index in [0.717, 1.165) is 5.56 Å². The van der Waals surface area contributed by atoms with E-state index in [1.54, 1.807) is 31.0 Å². The third-order valence-electron chi connectivity index (χ3n) is 6.76. The number of nitrogens with zero attached hydrogens (tertiary/aromatic N) is 4. The first-order chi connectivity index (χ1) is 17.5. The van der Waals surface area contributed by atoms with Gasteiger partial charge in [0.05, 0.1) is 23.1 Å². The standard InChI is InChI=1S/C28H35N5O3S/c1-7-11-20(4)32(6)26(34)23-14-22(15-24(16-23)33-18-37(33,35)19(2)3)25-30-31-27(36-25)28(5,29)17-21-12-9-8-10-13-21/h8-10,12-16,19-20,37H,17-18,29H2,1-6H3/t20?,28-,33?/m1/s1. The minimum atomic E-state index is -2.50. The van der Waals surface area contributed by atoms with Crippen LogP contribution in [-0.4, -0.2) is 49.4 Å². The van der Waals surface area contributed by atoms with Crippen molar-refractivity contribution in [3.63, 3.8) is 0 Å². The summed E-state index contributed by atoms with van der Waals surface area (Å²) in [6.07, 6.45) is 0.520. The molecule has 1 aromatic heterocycles. The second-order valence-corrected chi connectivity index (χ2v) is 13.4. The number of benzene rings is 2. The fourth-order valence-corrected chi connectivity index (χ4v) is 6.50. The first-order valence-electron chi connectivity index (χ1n) is 12.3. The van der Waals surface area contributed by atoms with E-state index in [0.29, 0.717) is 35.0 Å². The van der Waals surface area contributed by atoms with Gasteiger partial charge in [0.25, 0.3) is 5.91 Å². The van der Waals surface area contributed by atoms with Crippen LogP contribution in [0.5, 0.6) is 0 Å². The molecule has 8 nitrogen and oxygen atoms in total. The molecule has 3 aromatic rings. The van der Waals surface area contributed by atoms with Crippen molar-refractivity contribution in [1.29, 1.82) is 0 Å².